The molecule has 0 spiro atoms. The summed E-state index contributed by atoms with van der Waals surface area (Å²) in [5, 5.41) is 4.86. The fraction of sp³-hybridized carbons (Fsp3) is 0. The van der Waals surface area contributed by atoms with Gasteiger partial charge < -0.3 is 9.13 Å². The average Bonchev–Trinajstić information content (AvgIpc) is 3.87. The topological polar surface area (TPSA) is 48.5 Å². The molecule has 0 fully saturated rings. The van der Waals surface area contributed by atoms with Gasteiger partial charge in [0.1, 0.15) is 0 Å². The van der Waals surface area contributed by atoms with E-state index in [1.807, 2.05) is 24.3 Å². The van der Waals surface area contributed by atoms with Gasteiger partial charge in [-0.3, -0.25) is 0 Å². The molecule has 3 heterocycles. The molecule has 0 unspecified atom stereocenters. The van der Waals surface area contributed by atoms with E-state index in [1.54, 1.807) is 0 Å². The third-order valence-electron chi connectivity index (χ3n) is 12.0. The van der Waals surface area contributed by atoms with E-state index in [1.165, 1.54) is 32.6 Å². The van der Waals surface area contributed by atoms with Crippen LogP contribution in [0.5, 0.6) is 0 Å². The highest BCUT2D eigenvalue weighted by Gasteiger charge is 2.20. The van der Waals surface area contributed by atoms with Gasteiger partial charge >= 0.3 is 0 Å². The minimum atomic E-state index is 0.602. The maximum absolute atomic E-state index is 5.32. The molecule has 0 aliphatic carbocycles. The zero-order chi connectivity index (χ0) is 41.0. The van der Waals surface area contributed by atoms with Crippen LogP contribution in [0.25, 0.3) is 111 Å². The fourth-order valence-electron chi connectivity index (χ4n) is 9.13. The number of hydrogen-bond donors (Lipinski definition) is 0. The highest BCUT2D eigenvalue weighted by atomic mass is 15.0. The van der Waals surface area contributed by atoms with Crippen LogP contribution in [0.3, 0.4) is 0 Å². The number of rotatable bonds is 7. The Bertz CT molecular complexity index is 3570. The van der Waals surface area contributed by atoms with Gasteiger partial charge in [0.25, 0.3) is 0 Å². The Labute approximate surface area is 358 Å². The number of para-hydroxylation sites is 3. The summed E-state index contributed by atoms with van der Waals surface area (Å²) in [5.74, 6) is 1.84. The normalized spacial score (nSPS) is 11.5. The van der Waals surface area contributed by atoms with Crippen LogP contribution in [0, 0.1) is 0 Å². The van der Waals surface area contributed by atoms with E-state index in [0.29, 0.717) is 17.5 Å². The van der Waals surface area contributed by atoms with Crippen LogP contribution >= 0.6 is 0 Å². The van der Waals surface area contributed by atoms with Crippen LogP contribution in [0.15, 0.2) is 224 Å². The summed E-state index contributed by atoms with van der Waals surface area (Å²) in [6.07, 6.45) is 0. The third kappa shape index (κ3) is 5.98. The van der Waals surface area contributed by atoms with E-state index in [2.05, 4.69) is 209 Å². The monoisotopic (exact) mass is 791 g/mol. The van der Waals surface area contributed by atoms with E-state index >= 15 is 0 Å². The molecule has 12 rings (SSSR count). The first-order valence-electron chi connectivity index (χ1n) is 20.9. The fourth-order valence-corrected chi connectivity index (χ4v) is 9.13. The van der Waals surface area contributed by atoms with Crippen LogP contribution in [0.1, 0.15) is 0 Å². The molecule has 0 saturated carbocycles. The second-order valence-electron chi connectivity index (χ2n) is 15.6. The van der Waals surface area contributed by atoms with Crippen molar-refractivity contribution in [2.45, 2.75) is 0 Å². The lowest BCUT2D eigenvalue weighted by molar-refractivity contribution is 1.07. The van der Waals surface area contributed by atoms with Gasteiger partial charge in [-0.2, -0.15) is 0 Å². The number of aromatic nitrogens is 5. The predicted octanol–water partition coefficient (Wildman–Crippen LogP) is 14.4. The molecule has 0 saturated heterocycles. The van der Waals surface area contributed by atoms with Gasteiger partial charge in [-0.25, -0.2) is 15.0 Å². The highest BCUT2D eigenvalue weighted by Crippen LogP contribution is 2.39. The molecule has 12 aromatic rings. The van der Waals surface area contributed by atoms with Gasteiger partial charge in [0.15, 0.2) is 17.5 Å². The van der Waals surface area contributed by atoms with E-state index in [-0.39, 0.29) is 0 Å². The van der Waals surface area contributed by atoms with Crippen LogP contribution < -0.4 is 0 Å². The Morgan fingerprint density at radius 1 is 0.242 bits per heavy atom. The Hall–Kier alpha value is -8.41. The Morgan fingerprint density at radius 2 is 0.677 bits per heavy atom. The van der Waals surface area contributed by atoms with Gasteiger partial charge in [-0.05, 0) is 76.9 Å². The first-order chi connectivity index (χ1) is 30.7. The second kappa shape index (κ2) is 14.7. The maximum atomic E-state index is 5.32. The maximum Gasteiger partial charge on any atom is 0.164 e. The van der Waals surface area contributed by atoms with Gasteiger partial charge in [0.05, 0.1) is 22.1 Å². The zero-order valence-corrected chi connectivity index (χ0v) is 33.6. The van der Waals surface area contributed by atoms with Gasteiger partial charge in [-0.15, -0.1) is 0 Å². The second-order valence-corrected chi connectivity index (χ2v) is 15.6. The van der Waals surface area contributed by atoms with Gasteiger partial charge in [-0.1, -0.05) is 170 Å². The first kappa shape index (κ1) is 35.5. The van der Waals surface area contributed by atoms with Crippen molar-refractivity contribution in [3.05, 3.63) is 224 Å². The van der Waals surface area contributed by atoms with E-state index in [9.17, 15) is 0 Å². The first-order valence-corrected chi connectivity index (χ1v) is 20.9. The van der Waals surface area contributed by atoms with Crippen LogP contribution in [0.2, 0.25) is 0 Å². The molecular weight excluding hydrogens is 755 g/mol. The molecule has 3 aromatic heterocycles. The lowest BCUT2D eigenvalue weighted by Gasteiger charge is -2.15. The summed E-state index contributed by atoms with van der Waals surface area (Å²) in [7, 11) is 0. The molecule has 0 bridgehead atoms. The summed E-state index contributed by atoms with van der Waals surface area (Å²) >= 11 is 0. The highest BCUT2D eigenvalue weighted by molar-refractivity contribution is 6.12. The summed E-state index contributed by atoms with van der Waals surface area (Å²) < 4.78 is 4.78. The summed E-state index contributed by atoms with van der Waals surface area (Å²) in [6.45, 7) is 0. The number of fused-ring (bicyclic) bond motifs is 6. The van der Waals surface area contributed by atoms with Crippen molar-refractivity contribution < 1.29 is 0 Å². The molecule has 5 nitrogen and oxygen atoms in total. The van der Waals surface area contributed by atoms with Crippen molar-refractivity contribution >= 4 is 43.6 Å². The SMILES string of the molecule is c1ccc(-c2cc(-c3nc(-c4ccccc4)nc(-c4ccccc4-c4ccccc4)n3)cc(-n3c4ccccc4c4cc(-n5c6ccccc6c6ccccc65)ccc43)c2)cc1. The van der Waals surface area contributed by atoms with Crippen LogP contribution in [-0.4, -0.2) is 24.1 Å². The predicted molar refractivity (Wildman–Crippen MR) is 256 cm³/mol. The molecule has 9 aromatic carbocycles. The van der Waals surface area contributed by atoms with E-state index in [0.717, 1.165) is 61.4 Å². The molecule has 0 amide bonds. The van der Waals surface area contributed by atoms with Crippen molar-refractivity contribution in [2.24, 2.45) is 0 Å². The van der Waals surface area contributed by atoms with Crippen molar-refractivity contribution in [1.29, 1.82) is 0 Å². The Balaban J connectivity index is 1.10. The molecule has 0 N–H and O–H groups in total. The molecule has 0 atom stereocenters. The number of hydrogen-bond acceptors (Lipinski definition) is 3. The summed E-state index contributed by atoms with van der Waals surface area (Å²) in [5.41, 5.74) is 13.9. The average molecular weight is 792 g/mol. The number of nitrogens with zero attached hydrogens (tertiary/aromatic N) is 5. The number of benzene rings is 9. The lowest BCUT2D eigenvalue weighted by atomic mass is 9.99. The lowest BCUT2D eigenvalue weighted by Crippen LogP contribution is -2.02. The standard InChI is InChI=1S/C57H37N5/c1-4-18-38(19-5-1)41-34-42(56-58-55(40-22-8-3-9-23-40)59-57(60-56)49-28-11-10-24-45(49)39-20-6-2-7-21-39)36-44(35-41)62-53-31-17-14-27-48(53)50-37-43(32-33-54(50)62)61-51-29-15-12-25-46(51)47-26-13-16-30-52(47)61/h1-37H. The zero-order valence-electron chi connectivity index (χ0n) is 33.6. The van der Waals surface area contributed by atoms with E-state index in [4.69, 9.17) is 15.0 Å². The molecule has 290 valence electrons. The largest absolute Gasteiger partial charge is 0.309 e. The van der Waals surface area contributed by atoms with E-state index < -0.39 is 0 Å². The van der Waals surface area contributed by atoms with Gasteiger partial charge in [0, 0.05) is 49.6 Å². The van der Waals surface area contributed by atoms with Crippen LogP contribution in [0.4, 0.5) is 0 Å². The molecule has 0 aliphatic heterocycles. The summed E-state index contributed by atoms with van der Waals surface area (Å²) in [4.78, 5) is 15.7. The van der Waals surface area contributed by atoms with Crippen LogP contribution in [-0.2, 0) is 0 Å². The molecule has 5 heteroatoms. The van der Waals surface area contributed by atoms with Crippen molar-refractivity contribution in [3.63, 3.8) is 0 Å². The van der Waals surface area contributed by atoms with Crippen molar-refractivity contribution in [1.82, 2.24) is 24.1 Å². The van der Waals surface area contributed by atoms with Gasteiger partial charge in [0.2, 0.25) is 0 Å². The minimum absolute atomic E-state index is 0.602. The van der Waals surface area contributed by atoms with Crippen molar-refractivity contribution in [3.8, 4) is 67.8 Å². The Kier molecular flexibility index (Phi) is 8.42. The quantitative estimate of drug-likeness (QED) is 0.162. The summed E-state index contributed by atoms with van der Waals surface area (Å²) in [6, 6.07) is 79.3. The molecule has 62 heavy (non-hydrogen) atoms. The molecule has 0 aliphatic rings. The third-order valence-corrected chi connectivity index (χ3v) is 12.0. The minimum Gasteiger partial charge on any atom is -0.309 e. The molecular formula is C57H37N5. The van der Waals surface area contributed by atoms with Crippen molar-refractivity contribution in [2.75, 3.05) is 0 Å². The smallest absolute Gasteiger partial charge is 0.164 e. The molecule has 0 radical (unpaired) electrons. The Morgan fingerprint density at radius 3 is 1.31 bits per heavy atom.